The SMILES string of the molecule is CN(C)CC(=O)N[C@H]1CCCN(C)C(=O)c2cccc(c2)-c2ccccc2OC[C@@H]2C[C@H](NCC(=O)O)CN2C1=O. The van der Waals surface area contributed by atoms with Gasteiger partial charge in [-0.15, -0.1) is 0 Å². The molecule has 41 heavy (non-hydrogen) atoms. The van der Waals surface area contributed by atoms with Crippen LogP contribution in [0.5, 0.6) is 5.75 Å². The van der Waals surface area contributed by atoms with Gasteiger partial charge in [0, 0.05) is 37.3 Å². The van der Waals surface area contributed by atoms with Crippen molar-refractivity contribution >= 4 is 23.7 Å². The number of likely N-dealkylation sites (N-methyl/N-ethyl adjacent to an activating group) is 1. The van der Waals surface area contributed by atoms with Gasteiger partial charge in [0.15, 0.2) is 0 Å². The lowest BCUT2D eigenvalue weighted by Crippen LogP contribution is -2.53. The first kappa shape index (κ1) is 30.0. The standard InChI is InChI=1S/C30H39N5O6/c1-33(2)18-27(36)32-25-11-7-13-34(3)29(39)21-9-6-8-20(14-21)24-10-4-5-12-26(24)41-19-23-15-22(31-16-28(37)38)17-35(23)30(25)40/h4-6,8-10,12,14,22-23,25,31H,7,11,13,15-19H2,1-3H3,(H,32,36)(H,37,38)/t22-,23-,25-/m0/s1. The second-order valence-electron chi connectivity index (χ2n) is 11.0. The summed E-state index contributed by atoms with van der Waals surface area (Å²) in [6.07, 6.45) is 1.35. The number of nitrogens with zero attached hydrogens (tertiary/aromatic N) is 3. The highest BCUT2D eigenvalue weighted by molar-refractivity contribution is 5.95. The van der Waals surface area contributed by atoms with Crippen LogP contribution in [0.1, 0.15) is 29.6 Å². The van der Waals surface area contributed by atoms with Gasteiger partial charge in [0.05, 0.1) is 19.1 Å². The van der Waals surface area contributed by atoms with E-state index in [0.29, 0.717) is 43.7 Å². The Bertz CT molecular complexity index is 1270. The topological polar surface area (TPSA) is 132 Å². The minimum Gasteiger partial charge on any atom is -0.491 e. The summed E-state index contributed by atoms with van der Waals surface area (Å²) >= 11 is 0. The highest BCUT2D eigenvalue weighted by Crippen LogP contribution is 2.32. The van der Waals surface area contributed by atoms with Crippen LogP contribution in [-0.4, -0.2) is 116 Å². The summed E-state index contributed by atoms with van der Waals surface area (Å²) in [6.45, 7) is 0.797. The second-order valence-corrected chi connectivity index (χ2v) is 11.0. The quantitative estimate of drug-likeness (QED) is 0.478. The molecule has 2 aromatic rings. The fourth-order valence-electron chi connectivity index (χ4n) is 5.40. The van der Waals surface area contributed by atoms with Crippen molar-refractivity contribution in [3.05, 3.63) is 54.1 Å². The van der Waals surface area contributed by atoms with Crippen LogP contribution in [0.2, 0.25) is 0 Å². The van der Waals surface area contributed by atoms with Gasteiger partial charge >= 0.3 is 5.97 Å². The number of carbonyl (C=O) groups excluding carboxylic acids is 3. The zero-order chi connectivity index (χ0) is 29.5. The van der Waals surface area contributed by atoms with Crippen molar-refractivity contribution in [1.29, 1.82) is 0 Å². The van der Waals surface area contributed by atoms with Crippen LogP contribution >= 0.6 is 0 Å². The first-order valence-corrected chi connectivity index (χ1v) is 13.9. The van der Waals surface area contributed by atoms with Crippen molar-refractivity contribution in [3.8, 4) is 16.9 Å². The molecule has 0 saturated carbocycles. The third-order valence-corrected chi connectivity index (χ3v) is 7.40. The third-order valence-electron chi connectivity index (χ3n) is 7.40. The van der Waals surface area contributed by atoms with Gasteiger partial charge in [-0.05, 0) is 57.1 Å². The predicted molar refractivity (Wildman–Crippen MR) is 154 cm³/mol. The molecule has 2 aliphatic rings. The smallest absolute Gasteiger partial charge is 0.317 e. The van der Waals surface area contributed by atoms with Crippen LogP contribution in [-0.2, 0) is 14.4 Å². The van der Waals surface area contributed by atoms with Crippen molar-refractivity contribution < 1.29 is 29.0 Å². The van der Waals surface area contributed by atoms with Gasteiger partial charge in [-0.3, -0.25) is 19.2 Å². The highest BCUT2D eigenvalue weighted by Gasteiger charge is 2.39. The van der Waals surface area contributed by atoms with E-state index in [2.05, 4.69) is 10.6 Å². The van der Waals surface area contributed by atoms with Gasteiger partial charge in [0.2, 0.25) is 11.8 Å². The van der Waals surface area contributed by atoms with Crippen molar-refractivity contribution in [2.75, 3.05) is 53.9 Å². The van der Waals surface area contributed by atoms with Crippen molar-refractivity contribution in [1.82, 2.24) is 25.3 Å². The Morgan fingerprint density at radius 1 is 1.10 bits per heavy atom. The average molecular weight is 566 g/mol. The molecule has 1 saturated heterocycles. The Hall–Kier alpha value is -3.96. The number of ether oxygens (including phenoxy) is 1. The van der Waals surface area contributed by atoms with Crippen LogP contribution < -0.4 is 15.4 Å². The summed E-state index contributed by atoms with van der Waals surface area (Å²) in [5.74, 6) is -1.02. The molecule has 2 aliphatic heterocycles. The molecular weight excluding hydrogens is 526 g/mol. The Labute approximate surface area is 240 Å². The van der Waals surface area contributed by atoms with Crippen molar-refractivity contribution in [2.45, 2.75) is 37.4 Å². The van der Waals surface area contributed by atoms with Crippen LogP contribution in [0, 0.1) is 0 Å². The third kappa shape index (κ3) is 7.83. The molecular formula is C30H39N5O6. The molecule has 2 bridgehead atoms. The molecule has 3 N–H and O–H groups in total. The Balaban J connectivity index is 1.67. The van der Waals surface area contributed by atoms with Gasteiger partial charge in [-0.2, -0.15) is 0 Å². The summed E-state index contributed by atoms with van der Waals surface area (Å²) in [6, 6.07) is 13.6. The fourth-order valence-corrected chi connectivity index (χ4v) is 5.40. The van der Waals surface area contributed by atoms with Gasteiger partial charge < -0.3 is 35.2 Å². The molecule has 2 heterocycles. The summed E-state index contributed by atoms with van der Waals surface area (Å²) < 4.78 is 6.31. The van der Waals surface area contributed by atoms with Gasteiger partial charge in [0.1, 0.15) is 18.4 Å². The van der Waals surface area contributed by atoms with Crippen molar-refractivity contribution in [2.24, 2.45) is 0 Å². The van der Waals surface area contributed by atoms with Crippen molar-refractivity contribution in [3.63, 3.8) is 0 Å². The average Bonchev–Trinajstić information content (AvgIpc) is 3.36. The number of carboxylic acids is 1. The molecule has 0 unspecified atom stereocenters. The van der Waals surface area contributed by atoms with E-state index in [9.17, 15) is 24.3 Å². The number of carboxylic acid groups (broad SMARTS) is 1. The molecule has 2 aromatic carbocycles. The number of amides is 3. The maximum absolute atomic E-state index is 14.0. The first-order valence-electron chi connectivity index (χ1n) is 13.9. The second kappa shape index (κ2) is 13.6. The van der Waals surface area contributed by atoms with Crippen LogP contribution in [0.25, 0.3) is 11.1 Å². The molecule has 3 atom stereocenters. The van der Waals surface area contributed by atoms with Gasteiger partial charge in [0.25, 0.3) is 5.91 Å². The lowest BCUT2D eigenvalue weighted by Gasteiger charge is -2.30. The van der Waals surface area contributed by atoms with E-state index in [1.165, 1.54) is 0 Å². The van der Waals surface area contributed by atoms with E-state index < -0.39 is 12.0 Å². The summed E-state index contributed by atoms with van der Waals surface area (Å²) in [4.78, 5) is 56.2. The predicted octanol–water partition coefficient (Wildman–Crippen LogP) is 1.29. The number of nitrogens with one attached hydrogen (secondary N) is 2. The normalized spacial score (nSPS) is 21.7. The maximum atomic E-state index is 14.0. The first-order chi connectivity index (χ1) is 19.6. The molecule has 1 fully saturated rings. The maximum Gasteiger partial charge on any atom is 0.317 e. The summed E-state index contributed by atoms with van der Waals surface area (Å²) in [7, 11) is 5.28. The minimum absolute atomic E-state index is 0.130. The molecule has 3 amide bonds. The lowest BCUT2D eigenvalue weighted by molar-refractivity contribution is -0.138. The number of para-hydroxylation sites is 1. The Morgan fingerprint density at radius 2 is 1.85 bits per heavy atom. The molecule has 4 rings (SSSR count). The number of hydrogen-bond donors (Lipinski definition) is 3. The zero-order valence-electron chi connectivity index (χ0n) is 23.8. The number of carbonyl (C=O) groups is 4. The monoisotopic (exact) mass is 565 g/mol. The van der Waals surface area contributed by atoms with Crippen LogP contribution in [0.15, 0.2) is 48.5 Å². The molecule has 220 valence electrons. The van der Waals surface area contributed by atoms with E-state index in [0.717, 1.165) is 11.1 Å². The minimum atomic E-state index is -0.975. The molecule has 11 heteroatoms. The van der Waals surface area contributed by atoms with E-state index in [-0.39, 0.29) is 49.5 Å². The summed E-state index contributed by atoms with van der Waals surface area (Å²) in [5, 5.41) is 15.1. The number of rotatable bonds is 6. The van der Waals surface area contributed by atoms with Crippen LogP contribution in [0.3, 0.4) is 0 Å². The zero-order valence-corrected chi connectivity index (χ0v) is 23.8. The van der Waals surface area contributed by atoms with Gasteiger partial charge in [-0.1, -0.05) is 30.3 Å². The van der Waals surface area contributed by atoms with E-state index in [1.54, 1.807) is 41.9 Å². The number of fused-ring (bicyclic) bond motifs is 5. The van der Waals surface area contributed by atoms with E-state index in [4.69, 9.17) is 4.74 Å². The largest absolute Gasteiger partial charge is 0.491 e. The molecule has 0 aromatic heterocycles. The number of aliphatic carboxylic acids is 1. The molecule has 0 spiro atoms. The van der Waals surface area contributed by atoms with Crippen LogP contribution in [0.4, 0.5) is 0 Å². The van der Waals surface area contributed by atoms with Gasteiger partial charge in [-0.25, -0.2) is 0 Å². The number of benzene rings is 2. The highest BCUT2D eigenvalue weighted by atomic mass is 16.5. The Morgan fingerprint density at radius 3 is 2.61 bits per heavy atom. The van der Waals surface area contributed by atoms with E-state index >= 15 is 0 Å². The summed E-state index contributed by atoms with van der Waals surface area (Å²) in [5.41, 5.74) is 2.21. The molecule has 11 nitrogen and oxygen atoms in total. The Kier molecular flexibility index (Phi) is 9.95. The lowest BCUT2D eigenvalue weighted by atomic mass is 10.0. The fraction of sp³-hybridized carbons (Fsp3) is 0.467. The molecule has 0 aliphatic carbocycles. The van der Waals surface area contributed by atoms with E-state index in [1.807, 2.05) is 42.5 Å². The molecule has 0 radical (unpaired) electrons. The number of hydrogen-bond acceptors (Lipinski definition) is 7.